The highest BCUT2D eigenvalue weighted by atomic mass is 16.5. The Kier molecular flexibility index (Phi) is 5.68. The van der Waals surface area contributed by atoms with E-state index in [0.717, 1.165) is 0 Å². The molecule has 0 bridgehead atoms. The van der Waals surface area contributed by atoms with Crippen LogP contribution in [0.1, 0.15) is 24.2 Å². The van der Waals surface area contributed by atoms with E-state index in [0.29, 0.717) is 28.3 Å². The van der Waals surface area contributed by atoms with Crippen LogP contribution in [0.3, 0.4) is 0 Å². The van der Waals surface area contributed by atoms with E-state index in [2.05, 4.69) is 17.2 Å². The van der Waals surface area contributed by atoms with Crippen LogP contribution in [-0.2, 0) is 9.59 Å². The summed E-state index contributed by atoms with van der Waals surface area (Å²) in [5.41, 5.74) is 1.79. The number of carbonyl (C=O) groups is 3. The van der Waals surface area contributed by atoms with Crippen LogP contribution in [0.15, 0.2) is 60.7 Å². The molecule has 0 saturated carbocycles. The molecule has 0 unspecified atom stereocenters. The highest BCUT2D eigenvalue weighted by Crippen LogP contribution is 2.18. The molecule has 0 aromatic heterocycles. The fourth-order valence-electron chi connectivity index (χ4n) is 1.98. The number of rotatable bonds is 5. The summed E-state index contributed by atoms with van der Waals surface area (Å²) in [6.45, 7) is 6.47. The molecular formula is C19H18N2O4. The first-order valence-corrected chi connectivity index (χ1v) is 7.52. The highest BCUT2D eigenvalue weighted by molar-refractivity contribution is 6.06. The molecule has 2 amide bonds. The normalized spacial score (nSPS) is 9.84. The molecule has 6 nitrogen and oxygen atoms in total. The van der Waals surface area contributed by atoms with Crippen molar-refractivity contribution in [3.05, 3.63) is 66.2 Å². The van der Waals surface area contributed by atoms with Crippen molar-refractivity contribution in [1.82, 2.24) is 0 Å². The third-order valence-corrected chi connectivity index (χ3v) is 3.12. The van der Waals surface area contributed by atoms with E-state index in [1.54, 1.807) is 49.4 Å². The SMILES string of the molecule is C=C(C)C(=O)Nc1cccc(NC(=O)c2cccc(OC(C)=O)c2)c1. The smallest absolute Gasteiger partial charge is 0.308 e. The van der Waals surface area contributed by atoms with Crippen LogP contribution in [0.25, 0.3) is 0 Å². The zero-order valence-electron chi connectivity index (χ0n) is 14.0. The van der Waals surface area contributed by atoms with Crippen LogP contribution in [0, 0.1) is 0 Å². The molecule has 0 spiro atoms. The number of hydrogen-bond acceptors (Lipinski definition) is 4. The Bertz CT molecular complexity index is 843. The Balaban J connectivity index is 2.11. The molecule has 0 aliphatic carbocycles. The zero-order chi connectivity index (χ0) is 18.4. The van der Waals surface area contributed by atoms with E-state index in [1.807, 2.05) is 0 Å². The molecule has 6 heteroatoms. The van der Waals surface area contributed by atoms with Gasteiger partial charge in [0, 0.05) is 29.4 Å². The van der Waals surface area contributed by atoms with Crippen LogP contribution < -0.4 is 15.4 Å². The molecule has 2 aromatic rings. The third-order valence-electron chi connectivity index (χ3n) is 3.12. The molecule has 0 atom stereocenters. The second kappa shape index (κ2) is 7.92. The number of amides is 2. The Morgan fingerprint density at radius 3 is 2.20 bits per heavy atom. The summed E-state index contributed by atoms with van der Waals surface area (Å²) in [6.07, 6.45) is 0. The highest BCUT2D eigenvalue weighted by Gasteiger charge is 2.09. The van der Waals surface area contributed by atoms with E-state index in [9.17, 15) is 14.4 Å². The van der Waals surface area contributed by atoms with E-state index >= 15 is 0 Å². The number of hydrogen-bond donors (Lipinski definition) is 2. The summed E-state index contributed by atoms with van der Waals surface area (Å²) in [6, 6.07) is 13.0. The Hall–Kier alpha value is -3.41. The quantitative estimate of drug-likeness (QED) is 0.497. The fourth-order valence-corrected chi connectivity index (χ4v) is 1.98. The average Bonchev–Trinajstić information content (AvgIpc) is 2.54. The van der Waals surface area contributed by atoms with Gasteiger partial charge in [0.15, 0.2) is 0 Å². The minimum atomic E-state index is -0.460. The molecule has 0 heterocycles. The molecular weight excluding hydrogens is 320 g/mol. The van der Waals surface area contributed by atoms with Gasteiger partial charge in [0.25, 0.3) is 11.8 Å². The van der Waals surface area contributed by atoms with Crippen LogP contribution in [-0.4, -0.2) is 17.8 Å². The molecule has 0 radical (unpaired) electrons. The number of benzene rings is 2. The lowest BCUT2D eigenvalue weighted by Crippen LogP contribution is -2.14. The third kappa shape index (κ3) is 5.31. The van der Waals surface area contributed by atoms with Gasteiger partial charge in [-0.2, -0.15) is 0 Å². The number of nitrogens with one attached hydrogen (secondary N) is 2. The fraction of sp³-hybridized carbons (Fsp3) is 0.105. The van der Waals surface area contributed by atoms with Crippen molar-refractivity contribution < 1.29 is 19.1 Å². The maximum Gasteiger partial charge on any atom is 0.308 e. The van der Waals surface area contributed by atoms with Gasteiger partial charge in [-0.05, 0) is 43.3 Å². The molecule has 0 aliphatic heterocycles. The van der Waals surface area contributed by atoms with Crippen molar-refractivity contribution in [2.45, 2.75) is 13.8 Å². The van der Waals surface area contributed by atoms with Gasteiger partial charge in [-0.15, -0.1) is 0 Å². The summed E-state index contributed by atoms with van der Waals surface area (Å²) < 4.78 is 4.97. The second-order valence-corrected chi connectivity index (χ2v) is 5.39. The Morgan fingerprint density at radius 1 is 0.920 bits per heavy atom. The standard InChI is InChI=1S/C19H18N2O4/c1-12(2)18(23)20-15-7-5-8-16(11-15)21-19(24)14-6-4-9-17(10-14)25-13(3)22/h4-11H,1H2,2-3H3,(H,20,23)(H,21,24). The van der Waals surface area contributed by atoms with Crippen LogP contribution in [0.5, 0.6) is 5.75 Å². The first-order valence-electron chi connectivity index (χ1n) is 7.52. The lowest BCUT2D eigenvalue weighted by atomic mass is 10.2. The number of anilines is 2. The van der Waals surface area contributed by atoms with Crippen LogP contribution >= 0.6 is 0 Å². The first kappa shape index (κ1) is 17.9. The summed E-state index contributed by atoms with van der Waals surface area (Å²) >= 11 is 0. The number of carbonyl (C=O) groups excluding carboxylic acids is 3. The lowest BCUT2D eigenvalue weighted by molar-refractivity contribution is -0.131. The van der Waals surface area contributed by atoms with E-state index in [-0.39, 0.29) is 11.8 Å². The van der Waals surface area contributed by atoms with Crippen molar-refractivity contribution in [2.24, 2.45) is 0 Å². The zero-order valence-corrected chi connectivity index (χ0v) is 14.0. The van der Waals surface area contributed by atoms with Crippen molar-refractivity contribution in [2.75, 3.05) is 10.6 Å². The molecule has 128 valence electrons. The molecule has 0 saturated heterocycles. The van der Waals surface area contributed by atoms with Gasteiger partial charge in [-0.1, -0.05) is 18.7 Å². The van der Waals surface area contributed by atoms with Gasteiger partial charge in [0.2, 0.25) is 0 Å². The summed E-state index contributed by atoms with van der Waals surface area (Å²) in [7, 11) is 0. The monoisotopic (exact) mass is 338 g/mol. The average molecular weight is 338 g/mol. The topological polar surface area (TPSA) is 84.5 Å². The largest absolute Gasteiger partial charge is 0.427 e. The summed E-state index contributed by atoms with van der Waals surface area (Å²) in [4.78, 5) is 35.0. The predicted octanol–water partition coefficient (Wildman–Crippen LogP) is 3.38. The van der Waals surface area contributed by atoms with Crippen LogP contribution in [0.2, 0.25) is 0 Å². The van der Waals surface area contributed by atoms with E-state index < -0.39 is 5.97 Å². The maximum absolute atomic E-state index is 12.3. The molecule has 2 N–H and O–H groups in total. The lowest BCUT2D eigenvalue weighted by Gasteiger charge is -2.09. The van der Waals surface area contributed by atoms with Crippen molar-refractivity contribution in [3.63, 3.8) is 0 Å². The number of ether oxygens (including phenoxy) is 1. The molecule has 0 aliphatic rings. The minimum Gasteiger partial charge on any atom is -0.427 e. The van der Waals surface area contributed by atoms with Crippen molar-refractivity contribution in [3.8, 4) is 5.75 Å². The van der Waals surface area contributed by atoms with E-state index in [4.69, 9.17) is 4.74 Å². The Morgan fingerprint density at radius 2 is 1.56 bits per heavy atom. The second-order valence-electron chi connectivity index (χ2n) is 5.39. The molecule has 2 rings (SSSR count). The molecule has 2 aromatic carbocycles. The molecule has 0 fully saturated rings. The Labute approximate surface area is 145 Å². The number of esters is 1. The van der Waals surface area contributed by atoms with Gasteiger partial charge >= 0.3 is 5.97 Å². The van der Waals surface area contributed by atoms with Gasteiger partial charge in [0.1, 0.15) is 5.75 Å². The summed E-state index contributed by atoms with van der Waals surface area (Å²) in [5.74, 6) is -0.823. The van der Waals surface area contributed by atoms with Gasteiger partial charge in [0.05, 0.1) is 0 Å². The van der Waals surface area contributed by atoms with Crippen LogP contribution in [0.4, 0.5) is 11.4 Å². The van der Waals surface area contributed by atoms with Crippen molar-refractivity contribution in [1.29, 1.82) is 0 Å². The summed E-state index contributed by atoms with van der Waals surface area (Å²) in [5, 5.41) is 5.41. The van der Waals surface area contributed by atoms with Gasteiger partial charge in [-0.25, -0.2) is 0 Å². The van der Waals surface area contributed by atoms with E-state index in [1.165, 1.54) is 13.0 Å². The maximum atomic E-state index is 12.3. The molecule has 25 heavy (non-hydrogen) atoms. The van der Waals surface area contributed by atoms with Crippen molar-refractivity contribution >= 4 is 29.2 Å². The van der Waals surface area contributed by atoms with Gasteiger partial charge in [-0.3, -0.25) is 14.4 Å². The first-order chi connectivity index (χ1) is 11.8. The van der Waals surface area contributed by atoms with Gasteiger partial charge < -0.3 is 15.4 Å². The predicted molar refractivity (Wildman–Crippen MR) is 95.6 cm³/mol. The minimum absolute atomic E-state index is 0.294.